The van der Waals surface area contributed by atoms with Crippen molar-refractivity contribution in [2.75, 3.05) is 26.2 Å². The van der Waals surface area contributed by atoms with Gasteiger partial charge in [0.05, 0.1) is 38.1 Å². The number of carbonyl (C=O) groups excluding carboxylic acids is 4. The van der Waals surface area contributed by atoms with Crippen molar-refractivity contribution in [3.8, 4) is 0 Å². The quantitative estimate of drug-likeness (QED) is 0.486. The van der Waals surface area contributed by atoms with E-state index in [1.54, 1.807) is 0 Å². The van der Waals surface area contributed by atoms with E-state index < -0.39 is 42.8 Å². The van der Waals surface area contributed by atoms with Gasteiger partial charge in [0.25, 0.3) is 0 Å². The van der Waals surface area contributed by atoms with E-state index in [2.05, 4.69) is 10.6 Å². The Bertz CT molecular complexity index is 431. The van der Waals surface area contributed by atoms with Crippen LogP contribution in [0.5, 0.6) is 0 Å². The van der Waals surface area contributed by atoms with E-state index in [9.17, 15) is 29.4 Å². The molecular weight excluding hydrogens is 306 g/mol. The number of amides is 2. The van der Waals surface area contributed by atoms with Crippen molar-refractivity contribution in [1.82, 2.24) is 20.4 Å². The molecular formula is C9H10N4Na2O6. The van der Waals surface area contributed by atoms with Gasteiger partial charge in [-0.2, -0.15) is 0 Å². The fourth-order valence-electron chi connectivity index (χ4n) is 2.20. The Labute approximate surface area is 163 Å². The van der Waals surface area contributed by atoms with Crippen molar-refractivity contribution in [1.29, 1.82) is 0 Å². The Balaban J connectivity index is 0.00000200. The van der Waals surface area contributed by atoms with E-state index in [4.69, 9.17) is 0 Å². The fourth-order valence-corrected chi connectivity index (χ4v) is 2.20. The number of carbonyl (C=O) groups is 4. The first-order chi connectivity index (χ1) is 8.86. The van der Waals surface area contributed by atoms with Gasteiger partial charge in [-0.3, -0.25) is 30.0 Å². The molecule has 0 aromatic rings. The summed E-state index contributed by atoms with van der Waals surface area (Å²) >= 11 is 0. The molecule has 104 valence electrons. The van der Waals surface area contributed by atoms with Crippen molar-refractivity contribution in [3.05, 3.63) is 0 Å². The van der Waals surface area contributed by atoms with Crippen LogP contribution < -0.4 is 80.0 Å². The van der Waals surface area contributed by atoms with Crippen molar-refractivity contribution < 1.29 is 88.5 Å². The van der Waals surface area contributed by atoms with Crippen molar-refractivity contribution in [3.63, 3.8) is 0 Å². The molecule has 0 atom stereocenters. The van der Waals surface area contributed by atoms with Crippen LogP contribution >= 0.6 is 0 Å². The van der Waals surface area contributed by atoms with E-state index in [-0.39, 0.29) is 72.2 Å². The molecule has 0 radical (unpaired) electrons. The molecule has 0 aromatic carbocycles. The second kappa shape index (κ2) is 7.88. The fraction of sp³-hybridized carbons (Fsp3) is 0.556. The van der Waals surface area contributed by atoms with Gasteiger partial charge in [-0.1, -0.05) is 0 Å². The van der Waals surface area contributed by atoms with Gasteiger partial charge in [-0.05, 0) is 0 Å². The largest absolute Gasteiger partial charge is 1.00 e. The molecule has 2 saturated heterocycles. The number of carboxylic acids is 2. The summed E-state index contributed by atoms with van der Waals surface area (Å²) in [6, 6.07) is 0. The Morgan fingerprint density at radius 1 is 0.952 bits per heavy atom. The second-order valence-electron chi connectivity index (χ2n) is 4.08. The van der Waals surface area contributed by atoms with E-state index >= 15 is 0 Å². The standard InChI is InChI=1S/C9H12N4O6.2Na/c14-5-1-10-9(12(5)3-7(16)17)11-2-6(15)13(9)4-8(18)19;;/h10-11H,1-4H2,(H,16,17)(H,18,19);;/q;2*+1/p-2. The normalized spacial score (nSPS) is 19.4. The minimum absolute atomic E-state index is 0. The Hall–Kier alpha value is -0.200. The van der Waals surface area contributed by atoms with Crippen LogP contribution in [0.15, 0.2) is 0 Å². The van der Waals surface area contributed by atoms with Crippen LogP contribution in [0.4, 0.5) is 0 Å². The van der Waals surface area contributed by atoms with Crippen LogP contribution in [0.2, 0.25) is 0 Å². The molecule has 2 amide bonds. The molecule has 2 aliphatic heterocycles. The number of hydrogen-bond acceptors (Lipinski definition) is 8. The molecule has 2 aliphatic rings. The van der Waals surface area contributed by atoms with Gasteiger partial charge >= 0.3 is 59.1 Å². The zero-order chi connectivity index (χ0) is 14.2. The van der Waals surface area contributed by atoms with Crippen LogP contribution in [0.25, 0.3) is 0 Å². The maximum Gasteiger partial charge on any atom is 1.00 e. The van der Waals surface area contributed by atoms with Gasteiger partial charge in [-0.25, -0.2) is 0 Å². The molecule has 2 fully saturated rings. The maximum absolute atomic E-state index is 11.6. The predicted molar refractivity (Wildman–Crippen MR) is 52.2 cm³/mol. The van der Waals surface area contributed by atoms with E-state index in [1.807, 2.05) is 0 Å². The number of nitrogens with one attached hydrogen (secondary N) is 2. The number of rotatable bonds is 4. The number of hydrogen-bond donors (Lipinski definition) is 2. The number of carboxylic acid groups (broad SMARTS) is 2. The summed E-state index contributed by atoms with van der Waals surface area (Å²) in [6.45, 7) is -1.99. The molecule has 12 heteroatoms. The number of aliphatic carboxylic acids is 2. The third kappa shape index (κ3) is 3.96. The van der Waals surface area contributed by atoms with Gasteiger partial charge in [0, 0.05) is 0 Å². The average molecular weight is 316 g/mol. The second-order valence-corrected chi connectivity index (χ2v) is 4.08. The van der Waals surface area contributed by atoms with Crippen LogP contribution in [0, 0.1) is 0 Å². The van der Waals surface area contributed by atoms with Crippen LogP contribution in [-0.2, 0) is 19.2 Å². The molecule has 21 heavy (non-hydrogen) atoms. The first kappa shape index (κ1) is 20.8. The molecule has 0 aliphatic carbocycles. The number of nitrogens with zero attached hydrogens (tertiary/aromatic N) is 2. The van der Waals surface area contributed by atoms with E-state index in [0.717, 1.165) is 9.80 Å². The predicted octanol–water partition coefficient (Wildman–Crippen LogP) is -12.0. The maximum atomic E-state index is 11.6. The van der Waals surface area contributed by atoms with E-state index in [0.29, 0.717) is 0 Å². The molecule has 1 spiro atoms. The van der Waals surface area contributed by atoms with Gasteiger partial charge in [0.15, 0.2) is 0 Å². The molecule has 0 bridgehead atoms. The topological polar surface area (TPSA) is 145 Å². The summed E-state index contributed by atoms with van der Waals surface area (Å²) in [5.74, 6) is -5.87. The molecule has 10 nitrogen and oxygen atoms in total. The van der Waals surface area contributed by atoms with Crippen LogP contribution in [0.3, 0.4) is 0 Å². The summed E-state index contributed by atoms with van der Waals surface area (Å²) in [5, 5.41) is 26.5. The van der Waals surface area contributed by atoms with Crippen LogP contribution in [-0.4, -0.2) is 65.6 Å². The summed E-state index contributed by atoms with van der Waals surface area (Å²) in [6.07, 6.45) is 0. The van der Waals surface area contributed by atoms with Crippen molar-refractivity contribution in [2.24, 2.45) is 0 Å². The van der Waals surface area contributed by atoms with Crippen molar-refractivity contribution >= 4 is 23.8 Å². The zero-order valence-electron chi connectivity index (χ0n) is 11.7. The van der Waals surface area contributed by atoms with Gasteiger partial charge in [0.2, 0.25) is 17.7 Å². The molecule has 2 heterocycles. The molecule has 0 unspecified atom stereocenters. The third-order valence-corrected chi connectivity index (χ3v) is 2.93. The summed E-state index contributed by atoms with van der Waals surface area (Å²) < 4.78 is 0. The minimum Gasteiger partial charge on any atom is -0.548 e. The van der Waals surface area contributed by atoms with E-state index in [1.165, 1.54) is 0 Å². The molecule has 2 N–H and O–H groups in total. The third-order valence-electron chi connectivity index (χ3n) is 2.93. The SMILES string of the molecule is O=C([O-])CN1C(=O)CNC12NCC(=O)N2CC(=O)[O-].[Na+].[Na+]. The Morgan fingerprint density at radius 2 is 1.29 bits per heavy atom. The van der Waals surface area contributed by atoms with Gasteiger partial charge in [0.1, 0.15) is 0 Å². The molecule has 0 saturated carbocycles. The molecule has 2 rings (SSSR count). The monoisotopic (exact) mass is 316 g/mol. The molecule has 0 aromatic heterocycles. The summed E-state index contributed by atoms with van der Waals surface area (Å²) in [5.41, 5.74) is 0. The zero-order valence-corrected chi connectivity index (χ0v) is 15.7. The summed E-state index contributed by atoms with van der Waals surface area (Å²) in [7, 11) is 0. The first-order valence-electron chi connectivity index (χ1n) is 5.37. The Morgan fingerprint density at radius 3 is 1.57 bits per heavy atom. The van der Waals surface area contributed by atoms with Gasteiger partial charge in [-0.15, -0.1) is 0 Å². The minimum atomic E-state index is -1.64. The summed E-state index contributed by atoms with van der Waals surface area (Å²) in [4.78, 5) is 46.2. The smallest absolute Gasteiger partial charge is 0.548 e. The van der Waals surface area contributed by atoms with Gasteiger partial charge < -0.3 is 19.8 Å². The first-order valence-corrected chi connectivity index (χ1v) is 5.37. The van der Waals surface area contributed by atoms with Crippen molar-refractivity contribution in [2.45, 2.75) is 5.91 Å². The average Bonchev–Trinajstić information content (AvgIpc) is 2.77. The Kier molecular flexibility index (Phi) is 7.81. The van der Waals surface area contributed by atoms with Crippen LogP contribution in [0.1, 0.15) is 0 Å².